The van der Waals surface area contributed by atoms with Crippen LogP contribution in [0.15, 0.2) is 23.1 Å². The number of rotatable bonds is 5. The third-order valence-electron chi connectivity index (χ3n) is 2.00. The molecule has 0 aliphatic heterocycles. The second-order valence-electron chi connectivity index (χ2n) is 3.12. The van der Waals surface area contributed by atoms with Crippen molar-refractivity contribution in [3.8, 4) is 0 Å². The molecular weight excluding hydrogens is 228 g/mol. The fourth-order valence-electron chi connectivity index (χ4n) is 1.16. The maximum absolute atomic E-state index is 10.9. The molecule has 0 atom stereocenters. The van der Waals surface area contributed by atoms with E-state index in [-0.39, 0.29) is 0 Å². The smallest absolute Gasteiger partial charge is 0.335 e. The van der Waals surface area contributed by atoms with Crippen molar-refractivity contribution in [2.24, 2.45) is 0 Å². The number of carboxylic acid groups (broad SMARTS) is 1. The molecule has 0 amide bonds. The van der Waals surface area contributed by atoms with Crippen LogP contribution in [0.25, 0.3) is 0 Å². The summed E-state index contributed by atoms with van der Waals surface area (Å²) in [6, 6.07) is 5.60. The molecule has 0 saturated carbocycles. The fraction of sp³-hybridized carbons (Fsp3) is 0.364. The van der Waals surface area contributed by atoms with E-state index in [2.05, 4.69) is 6.26 Å². The Balaban J connectivity index is 2.74. The molecule has 1 aromatic rings. The fourth-order valence-corrected chi connectivity index (χ4v) is 2.77. The molecule has 0 saturated heterocycles. The lowest BCUT2D eigenvalue weighted by Crippen LogP contribution is -1.99. The van der Waals surface area contributed by atoms with Gasteiger partial charge in [-0.15, -0.1) is 11.8 Å². The minimum Gasteiger partial charge on any atom is -0.478 e. The van der Waals surface area contributed by atoms with E-state index in [4.69, 9.17) is 5.11 Å². The van der Waals surface area contributed by atoms with E-state index < -0.39 is 5.97 Å². The second kappa shape index (κ2) is 6.08. The molecule has 2 nitrogen and oxygen atoms in total. The average Bonchev–Trinajstić information content (AvgIpc) is 2.20. The highest BCUT2D eigenvalue weighted by molar-refractivity contribution is 8.02. The predicted molar refractivity (Wildman–Crippen MR) is 67.2 cm³/mol. The number of aryl methyl sites for hydroxylation is 1. The van der Waals surface area contributed by atoms with Gasteiger partial charge in [-0.2, -0.15) is 11.8 Å². The highest BCUT2D eigenvalue weighted by Gasteiger charge is 2.07. The maximum Gasteiger partial charge on any atom is 0.335 e. The van der Waals surface area contributed by atoms with Crippen LogP contribution < -0.4 is 0 Å². The molecule has 0 aliphatic rings. The Hall–Kier alpha value is -0.610. The maximum atomic E-state index is 10.9. The first-order valence-corrected chi connectivity index (χ1v) is 6.98. The molecule has 0 bridgehead atoms. The minimum atomic E-state index is -0.847. The van der Waals surface area contributed by atoms with Crippen LogP contribution in [0, 0.1) is 6.92 Å². The van der Waals surface area contributed by atoms with Crippen molar-refractivity contribution >= 4 is 29.5 Å². The molecule has 0 unspecified atom stereocenters. The summed E-state index contributed by atoms with van der Waals surface area (Å²) in [5.74, 6) is 1.25. The third kappa shape index (κ3) is 3.80. The number of aromatic carboxylic acids is 1. The molecule has 4 heteroatoms. The molecule has 82 valence electrons. The predicted octanol–water partition coefficient (Wildman–Crippen LogP) is 3.15. The van der Waals surface area contributed by atoms with Crippen molar-refractivity contribution in [3.05, 3.63) is 29.3 Å². The van der Waals surface area contributed by atoms with E-state index in [9.17, 15) is 4.79 Å². The topological polar surface area (TPSA) is 37.3 Å². The molecule has 0 aliphatic carbocycles. The van der Waals surface area contributed by atoms with Crippen LogP contribution in [0.3, 0.4) is 0 Å². The van der Waals surface area contributed by atoms with Crippen molar-refractivity contribution in [1.82, 2.24) is 0 Å². The summed E-state index contributed by atoms with van der Waals surface area (Å²) < 4.78 is 0. The van der Waals surface area contributed by atoms with Crippen LogP contribution in [-0.2, 0) is 0 Å². The molecule has 0 aromatic heterocycles. The zero-order chi connectivity index (χ0) is 11.3. The van der Waals surface area contributed by atoms with E-state index in [1.807, 2.05) is 19.1 Å². The zero-order valence-corrected chi connectivity index (χ0v) is 10.5. The van der Waals surface area contributed by atoms with Gasteiger partial charge in [0.25, 0.3) is 0 Å². The van der Waals surface area contributed by atoms with Gasteiger partial charge >= 0.3 is 5.97 Å². The van der Waals surface area contributed by atoms with Crippen molar-refractivity contribution in [2.75, 3.05) is 17.8 Å². The minimum absolute atomic E-state index is 0.407. The van der Waals surface area contributed by atoms with Crippen LogP contribution in [0.2, 0.25) is 0 Å². The lowest BCUT2D eigenvalue weighted by molar-refractivity contribution is 0.0696. The molecule has 1 aromatic carbocycles. The third-order valence-corrected chi connectivity index (χ3v) is 3.86. The Labute approximate surface area is 98.5 Å². The van der Waals surface area contributed by atoms with Gasteiger partial charge < -0.3 is 5.11 Å². The molecular formula is C11H14O2S2. The lowest BCUT2D eigenvalue weighted by Gasteiger charge is -2.04. The number of hydrogen-bond donors (Lipinski definition) is 1. The van der Waals surface area contributed by atoms with Gasteiger partial charge in [-0.3, -0.25) is 0 Å². The van der Waals surface area contributed by atoms with E-state index in [0.29, 0.717) is 5.56 Å². The number of benzene rings is 1. The number of thioether (sulfide) groups is 2. The normalized spacial score (nSPS) is 10.3. The Morgan fingerprint density at radius 1 is 1.40 bits per heavy atom. The Bertz CT molecular complexity index is 350. The van der Waals surface area contributed by atoms with Gasteiger partial charge in [0, 0.05) is 16.4 Å². The van der Waals surface area contributed by atoms with Crippen LogP contribution >= 0.6 is 23.5 Å². The van der Waals surface area contributed by atoms with E-state index >= 15 is 0 Å². The second-order valence-corrected chi connectivity index (χ2v) is 5.28. The van der Waals surface area contributed by atoms with Gasteiger partial charge in [0.1, 0.15) is 0 Å². The van der Waals surface area contributed by atoms with Crippen molar-refractivity contribution in [2.45, 2.75) is 11.8 Å². The van der Waals surface area contributed by atoms with Gasteiger partial charge in [-0.05, 0) is 30.9 Å². The standard InChI is InChI=1S/C11H14O2S2/c1-8-3-4-9(15-6-5-14-2)7-10(8)11(12)13/h3-4,7H,5-6H2,1-2H3,(H,12,13). The van der Waals surface area contributed by atoms with Crippen LogP contribution in [0.1, 0.15) is 15.9 Å². The molecule has 0 spiro atoms. The molecule has 15 heavy (non-hydrogen) atoms. The van der Waals surface area contributed by atoms with Gasteiger partial charge in [-0.1, -0.05) is 6.07 Å². The van der Waals surface area contributed by atoms with Crippen LogP contribution in [0.4, 0.5) is 0 Å². The monoisotopic (exact) mass is 242 g/mol. The summed E-state index contributed by atoms with van der Waals surface area (Å²) in [7, 11) is 0. The number of carboxylic acids is 1. The average molecular weight is 242 g/mol. The Morgan fingerprint density at radius 3 is 2.73 bits per heavy atom. The van der Waals surface area contributed by atoms with Crippen LogP contribution in [0.5, 0.6) is 0 Å². The Morgan fingerprint density at radius 2 is 2.13 bits per heavy atom. The molecule has 0 radical (unpaired) electrons. The van der Waals surface area contributed by atoms with Crippen molar-refractivity contribution in [3.63, 3.8) is 0 Å². The summed E-state index contributed by atoms with van der Waals surface area (Å²) >= 11 is 3.50. The first kappa shape index (κ1) is 12.5. The number of hydrogen-bond acceptors (Lipinski definition) is 3. The van der Waals surface area contributed by atoms with E-state index in [1.54, 1.807) is 29.6 Å². The van der Waals surface area contributed by atoms with Crippen LogP contribution in [-0.4, -0.2) is 28.8 Å². The first-order valence-electron chi connectivity index (χ1n) is 4.61. The summed E-state index contributed by atoms with van der Waals surface area (Å²) in [6.45, 7) is 1.82. The highest BCUT2D eigenvalue weighted by atomic mass is 32.2. The molecule has 1 rings (SSSR count). The summed E-state index contributed by atoms with van der Waals surface area (Å²) in [5, 5.41) is 8.95. The van der Waals surface area contributed by atoms with Gasteiger partial charge in [0.15, 0.2) is 0 Å². The largest absolute Gasteiger partial charge is 0.478 e. The first-order chi connectivity index (χ1) is 7.15. The Kier molecular flexibility index (Phi) is 5.05. The van der Waals surface area contributed by atoms with Gasteiger partial charge in [-0.25, -0.2) is 4.79 Å². The zero-order valence-electron chi connectivity index (χ0n) is 8.82. The molecule has 0 fully saturated rings. The SMILES string of the molecule is CSCCSc1ccc(C)c(C(=O)O)c1. The van der Waals surface area contributed by atoms with Gasteiger partial charge in [0.05, 0.1) is 5.56 Å². The van der Waals surface area contributed by atoms with E-state index in [1.165, 1.54) is 0 Å². The quantitative estimate of drug-likeness (QED) is 0.636. The highest BCUT2D eigenvalue weighted by Crippen LogP contribution is 2.22. The summed E-state index contributed by atoms with van der Waals surface area (Å²) in [4.78, 5) is 11.9. The molecule has 1 N–H and O–H groups in total. The lowest BCUT2D eigenvalue weighted by atomic mass is 10.1. The summed E-state index contributed by atoms with van der Waals surface area (Å²) in [6.07, 6.45) is 2.07. The van der Waals surface area contributed by atoms with Crippen molar-refractivity contribution < 1.29 is 9.90 Å². The van der Waals surface area contributed by atoms with E-state index in [0.717, 1.165) is 22.0 Å². The number of carbonyl (C=O) groups is 1. The molecule has 0 heterocycles. The summed E-state index contributed by atoms with van der Waals surface area (Å²) in [5.41, 5.74) is 1.22. The van der Waals surface area contributed by atoms with Gasteiger partial charge in [0.2, 0.25) is 0 Å². The van der Waals surface area contributed by atoms with Crippen molar-refractivity contribution in [1.29, 1.82) is 0 Å².